The summed E-state index contributed by atoms with van der Waals surface area (Å²) in [6, 6.07) is 3.89. The van der Waals surface area contributed by atoms with Crippen LogP contribution in [0.2, 0.25) is 15.1 Å². The number of nitrogens with one attached hydrogen (secondary N) is 1. The van der Waals surface area contributed by atoms with Gasteiger partial charge in [0.05, 0.1) is 15.1 Å². The van der Waals surface area contributed by atoms with Gasteiger partial charge in [0.25, 0.3) is 0 Å². The molecule has 0 radical (unpaired) electrons. The molecule has 1 aromatic rings. The number of benzene rings is 1. The van der Waals surface area contributed by atoms with E-state index in [1.165, 1.54) is 19.3 Å². The van der Waals surface area contributed by atoms with Gasteiger partial charge in [-0.3, -0.25) is 0 Å². The maximum absolute atomic E-state index is 6.29. The Balaban J connectivity index is 2.06. The lowest BCUT2D eigenvalue weighted by Crippen LogP contribution is -2.56. The Morgan fingerprint density at radius 2 is 1.85 bits per heavy atom. The van der Waals surface area contributed by atoms with Crippen molar-refractivity contribution >= 4 is 34.8 Å². The van der Waals surface area contributed by atoms with Gasteiger partial charge >= 0.3 is 0 Å². The SMILES string of the molecule is CC(NCC1(N(C)C)CCC1)c1ccc(Cl)c(Cl)c1Cl. The van der Waals surface area contributed by atoms with Crippen LogP contribution in [0, 0.1) is 0 Å². The van der Waals surface area contributed by atoms with E-state index in [0.29, 0.717) is 15.1 Å². The van der Waals surface area contributed by atoms with E-state index >= 15 is 0 Å². The Morgan fingerprint density at radius 3 is 2.35 bits per heavy atom. The monoisotopic (exact) mass is 334 g/mol. The molecule has 2 nitrogen and oxygen atoms in total. The normalized spacial score (nSPS) is 18.9. The van der Waals surface area contributed by atoms with Crippen LogP contribution in [0.25, 0.3) is 0 Å². The number of hydrogen-bond acceptors (Lipinski definition) is 2. The van der Waals surface area contributed by atoms with Crippen LogP contribution in [0.1, 0.15) is 37.8 Å². The van der Waals surface area contributed by atoms with Crippen molar-refractivity contribution in [3.63, 3.8) is 0 Å². The number of likely N-dealkylation sites (N-methyl/N-ethyl adjacent to an activating group) is 1. The first kappa shape index (κ1) is 16.4. The maximum atomic E-state index is 6.29. The molecule has 1 atom stereocenters. The Hall–Kier alpha value is 0.01000. The summed E-state index contributed by atoms with van der Waals surface area (Å²) in [6.45, 7) is 3.06. The number of rotatable bonds is 5. The van der Waals surface area contributed by atoms with Crippen LogP contribution in [-0.4, -0.2) is 31.1 Å². The topological polar surface area (TPSA) is 15.3 Å². The summed E-state index contributed by atoms with van der Waals surface area (Å²) in [4.78, 5) is 2.33. The van der Waals surface area contributed by atoms with E-state index < -0.39 is 0 Å². The highest BCUT2D eigenvalue weighted by Crippen LogP contribution is 2.38. The second-order valence-corrected chi connectivity index (χ2v) is 7.00. The van der Waals surface area contributed by atoms with Gasteiger partial charge in [0, 0.05) is 18.1 Å². The van der Waals surface area contributed by atoms with Gasteiger partial charge in [-0.25, -0.2) is 0 Å². The fraction of sp³-hybridized carbons (Fsp3) is 0.600. The Bertz CT molecular complexity index is 484. The molecule has 1 saturated carbocycles. The standard InChI is InChI=1S/C15H21Cl3N2/c1-10(11-5-6-12(16)14(18)13(11)17)19-9-15(20(2)3)7-4-8-15/h5-6,10,19H,4,7-9H2,1-3H3. The van der Waals surface area contributed by atoms with Crippen LogP contribution in [0.3, 0.4) is 0 Å². The summed E-state index contributed by atoms with van der Waals surface area (Å²) in [5.41, 5.74) is 1.28. The van der Waals surface area contributed by atoms with Gasteiger partial charge in [-0.15, -0.1) is 0 Å². The van der Waals surface area contributed by atoms with Crippen LogP contribution >= 0.6 is 34.8 Å². The van der Waals surface area contributed by atoms with Gasteiger partial charge < -0.3 is 10.2 Å². The molecule has 1 fully saturated rings. The van der Waals surface area contributed by atoms with E-state index in [1.54, 1.807) is 6.07 Å². The molecule has 1 aliphatic carbocycles. The molecule has 5 heteroatoms. The molecule has 0 saturated heterocycles. The van der Waals surface area contributed by atoms with Gasteiger partial charge in [-0.05, 0) is 51.9 Å². The molecule has 0 aliphatic heterocycles. The van der Waals surface area contributed by atoms with Crippen LogP contribution in [0.15, 0.2) is 12.1 Å². The van der Waals surface area contributed by atoms with Gasteiger partial charge in [0.2, 0.25) is 0 Å². The molecule has 1 N–H and O–H groups in total. The first-order chi connectivity index (χ1) is 9.37. The Labute approximate surface area is 136 Å². The lowest BCUT2D eigenvalue weighted by atomic mass is 9.75. The molecule has 0 heterocycles. The summed E-state index contributed by atoms with van der Waals surface area (Å²) < 4.78 is 0. The molecule has 0 aromatic heterocycles. The van der Waals surface area contributed by atoms with Crippen molar-refractivity contribution in [1.82, 2.24) is 10.2 Å². The third-order valence-electron chi connectivity index (χ3n) is 4.50. The molecule has 0 bridgehead atoms. The summed E-state index contributed by atoms with van der Waals surface area (Å²) in [5, 5.41) is 5.06. The predicted molar refractivity (Wildman–Crippen MR) is 88.2 cm³/mol. The third kappa shape index (κ3) is 3.10. The highest BCUT2D eigenvalue weighted by molar-refractivity contribution is 6.48. The minimum Gasteiger partial charge on any atom is -0.308 e. The number of halogens is 3. The lowest BCUT2D eigenvalue weighted by Gasteiger charge is -2.48. The Kier molecular flexibility index (Phi) is 5.25. The first-order valence-corrected chi connectivity index (χ1v) is 8.05. The molecule has 0 amide bonds. The van der Waals surface area contributed by atoms with Crippen LogP contribution in [-0.2, 0) is 0 Å². The lowest BCUT2D eigenvalue weighted by molar-refractivity contribution is 0.0576. The highest BCUT2D eigenvalue weighted by Gasteiger charge is 2.38. The van der Waals surface area contributed by atoms with E-state index in [9.17, 15) is 0 Å². The third-order valence-corrected chi connectivity index (χ3v) is 5.81. The van der Waals surface area contributed by atoms with E-state index in [0.717, 1.165) is 12.1 Å². The molecule has 1 aliphatic rings. The first-order valence-electron chi connectivity index (χ1n) is 6.91. The molecule has 1 unspecified atom stereocenters. The summed E-state index contributed by atoms with van der Waals surface area (Å²) in [6.07, 6.45) is 3.80. The second-order valence-electron chi connectivity index (χ2n) is 5.84. The summed E-state index contributed by atoms with van der Waals surface area (Å²) >= 11 is 18.4. The van der Waals surface area contributed by atoms with Gasteiger partial charge in [0.15, 0.2) is 0 Å². The van der Waals surface area contributed by atoms with Crippen molar-refractivity contribution in [2.75, 3.05) is 20.6 Å². The zero-order chi connectivity index (χ0) is 14.9. The maximum Gasteiger partial charge on any atom is 0.0781 e. The van der Waals surface area contributed by atoms with Gasteiger partial charge in [0.1, 0.15) is 0 Å². The zero-order valence-electron chi connectivity index (χ0n) is 12.1. The zero-order valence-corrected chi connectivity index (χ0v) is 14.4. The minimum absolute atomic E-state index is 0.148. The van der Waals surface area contributed by atoms with Crippen molar-refractivity contribution in [1.29, 1.82) is 0 Å². The van der Waals surface area contributed by atoms with Crippen molar-refractivity contribution in [2.45, 2.75) is 37.8 Å². The molecule has 112 valence electrons. The molecule has 2 rings (SSSR count). The fourth-order valence-corrected chi connectivity index (χ4v) is 3.40. The molecular formula is C15H21Cl3N2. The minimum atomic E-state index is 0.148. The number of nitrogens with zero attached hydrogens (tertiary/aromatic N) is 1. The smallest absolute Gasteiger partial charge is 0.0781 e. The van der Waals surface area contributed by atoms with E-state index in [1.807, 2.05) is 6.07 Å². The average Bonchev–Trinajstić information content (AvgIpc) is 2.34. The van der Waals surface area contributed by atoms with E-state index in [-0.39, 0.29) is 11.6 Å². The van der Waals surface area contributed by atoms with Crippen LogP contribution in [0.5, 0.6) is 0 Å². The van der Waals surface area contributed by atoms with Crippen LogP contribution < -0.4 is 5.32 Å². The molecular weight excluding hydrogens is 315 g/mol. The van der Waals surface area contributed by atoms with Crippen molar-refractivity contribution in [2.24, 2.45) is 0 Å². The van der Waals surface area contributed by atoms with E-state index in [4.69, 9.17) is 34.8 Å². The largest absolute Gasteiger partial charge is 0.308 e. The Morgan fingerprint density at radius 1 is 1.20 bits per heavy atom. The summed E-state index contributed by atoms with van der Waals surface area (Å²) in [5.74, 6) is 0. The quantitative estimate of drug-likeness (QED) is 0.779. The van der Waals surface area contributed by atoms with Crippen LogP contribution in [0.4, 0.5) is 0 Å². The number of hydrogen-bond donors (Lipinski definition) is 1. The van der Waals surface area contributed by atoms with Crippen molar-refractivity contribution < 1.29 is 0 Å². The van der Waals surface area contributed by atoms with Gasteiger partial charge in [-0.2, -0.15) is 0 Å². The van der Waals surface area contributed by atoms with Crippen molar-refractivity contribution in [3.05, 3.63) is 32.8 Å². The molecule has 1 aromatic carbocycles. The second kappa shape index (κ2) is 6.41. The van der Waals surface area contributed by atoms with Gasteiger partial charge in [-0.1, -0.05) is 40.9 Å². The van der Waals surface area contributed by atoms with Crippen molar-refractivity contribution in [3.8, 4) is 0 Å². The van der Waals surface area contributed by atoms with E-state index in [2.05, 4.69) is 31.2 Å². The highest BCUT2D eigenvalue weighted by atomic mass is 35.5. The summed E-state index contributed by atoms with van der Waals surface area (Å²) in [7, 11) is 4.30. The average molecular weight is 336 g/mol. The predicted octanol–water partition coefficient (Wildman–Crippen LogP) is 4.78. The molecule has 0 spiro atoms. The fourth-order valence-electron chi connectivity index (χ4n) is 2.70. The molecule has 20 heavy (non-hydrogen) atoms.